The van der Waals surface area contributed by atoms with E-state index in [1.807, 2.05) is 12.1 Å². The monoisotopic (exact) mass is 413 g/mol. The Labute approximate surface area is 185 Å². The van der Waals surface area contributed by atoms with Gasteiger partial charge in [-0.25, -0.2) is 10.4 Å². The quantitative estimate of drug-likeness (QED) is 0.611. The van der Waals surface area contributed by atoms with Gasteiger partial charge in [-0.3, -0.25) is 4.90 Å². The number of hydrazine groups is 1. The van der Waals surface area contributed by atoms with Gasteiger partial charge in [-0.15, -0.1) is 0 Å². The first kappa shape index (κ1) is 20.3. The van der Waals surface area contributed by atoms with Crippen LogP contribution in [0.5, 0.6) is 5.75 Å². The highest BCUT2D eigenvalue weighted by molar-refractivity contribution is 5.35. The molecule has 3 aromatic carbocycles. The average molecular weight is 414 g/mol. The maximum Gasteiger partial charge on any atom is 0.123 e. The van der Waals surface area contributed by atoms with Crippen LogP contribution < -0.4 is 10.2 Å². The summed E-state index contributed by atoms with van der Waals surface area (Å²) >= 11 is 0. The topological polar surface area (TPSA) is 27.7 Å². The number of methoxy groups -OCH3 is 1. The van der Waals surface area contributed by atoms with Crippen molar-refractivity contribution < 1.29 is 4.74 Å². The van der Waals surface area contributed by atoms with Crippen molar-refractivity contribution in [3.63, 3.8) is 0 Å². The molecular weight excluding hydrogens is 382 g/mol. The molecule has 3 fully saturated rings. The predicted molar refractivity (Wildman–Crippen MR) is 125 cm³/mol. The minimum atomic E-state index is 0.284. The lowest BCUT2D eigenvalue weighted by Gasteiger charge is -2.56. The Hall–Kier alpha value is -2.66. The summed E-state index contributed by atoms with van der Waals surface area (Å²) in [5, 5.41) is 2.55. The summed E-state index contributed by atoms with van der Waals surface area (Å²) in [7, 11) is 1.75. The summed E-state index contributed by atoms with van der Waals surface area (Å²) < 4.78 is 5.59. The molecule has 0 aromatic heterocycles. The van der Waals surface area contributed by atoms with Crippen LogP contribution in [-0.4, -0.2) is 42.3 Å². The number of hydrogen-bond acceptors (Lipinski definition) is 4. The van der Waals surface area contributed by atoms with Crippen LogP contribution in [0.4, 0.5) is 0 Å². The Morgan fingerprint density at radius 2 is 1.42 bits per heavy atom. The van der Waals surface area contributed by atoms with E-state index in [0.717, 1.165) is 12.3 Å². The molecule has 3 aromatic rings. The lowest BCUT2D eigenvalue weighted by atomic mass is 9.83. The third kappa shape index (κ3) is 4.11. The maximum atomic E-state index is 5.59. The van der Waals surface area contributed by atoms with Gasteiger partial charge in [0, 0.05) is 37.2 Å². The number of ether oxygens (including phenoxy) is 1. The molecule has 0 aliphatic carbocycles. The molecule has 3 saturated heterocycles. The molecule has 0 amide bonds. The normalized spacial score (nSPS) is 23.2. The van der Waals surface area contributed by atoms with Gasteiger partial charge in [0.25, 0.3) is 0 Å². The maximum absolute atomic E-state index is 5.59. The van der Waals surface area contributed by atoms with Crippen LogP contribution in [-0.2, 0) is 6.54 Å². The molecule has 1 N–H and O–H groups in total. The highest BCUT2D eigenvalue weighted by atomic mass is 16.5. The van der Waals surface area contributed by atoms with Gasteiger partial charge in [0.1, 0.15) is 5.75 Å². The molecule has 0 radical (unpaired) electrons. The predicted octanol–water partition coefficient (Wildman–Crippen LogP) is 4.64. The first-order valence-corrected chi connectivity index (χ1v) is 11.3. The van der Waals surface area contributed by atoms with Crippen molar-refractivity contribution in [2.75, 3.05) is 20.2 Å². The molecule has 4 nitrogen and oxygen atoms in total. The molecule has 6 rings (SSSR count). The van der Waals surface area contributed by atoms with Crippen molar-refractivity contribution in [1.29, 1.82) is 0 Å². The smallest absolute Gasteiger partial charge is 0.123 e. The van der Waals surface area contributed by atoms with Crippen LogP contribution in [0.1, 0.15) is 35.4 Å². The standard InChI is InChI=1S/C27H31N3O/c1-31-25-15-9-8-14-23(25)20-28-30-24-16-18-29(19-17-24)27(30)26(21-10-4-2-5-11-21)22-12-6-3-7-13-22/h2-15,24,26-28H,16-20H2,1H3/t27-/m1/s1. The molecule has 31 heavy (non-hydrogen) atoms. The highest BCUT2D eigenvalue weighted by Gasteiger charge is 2.44. The minimum Gasteiger partial charge on any atom is -0.496 e. The second-order valence-electron chi connectivity index (χ2n) is 8.53. The molecule has 0 saturated carbocycles. The van der Waals surface area contributed by atoms with Gasteiger partial charge in [-0.05, 0) is 30.0 Å². The van der Waals surface area contributed by atoms with Gasteiger partial charge in [0.2, 0.25) is 0 Å². The minimum absolute atomic E-state index is 0.284. The average Bonchev–Trinajstić information content (AvgIpc) is 2.85. The van der Waals surface area contributed by atoms with E-state index in [1.54, 1.807) is 7.11 Å². The van der Waals surface area contributed by atoms with E-state index in [4.69, 9.17) is 4.74 Å². The number of rotatable bonds is 7. The largest absolute Gasteiger partial charge is 0.496 e. The van der Waals surface area contributed by atoms with Crippen LogP contribution in [0.25, 0.3) is 0 Å². The summed E-state index contributed by atoms with van der Waals surface area (Å²) in [5.74, 6) is 1.23. The van der Waals surface area contributed by atoms with Crippen LogP contribution >= 0.6 is 0 Å². The summed E-state index contributed by atoms with van der Waals surface area (Å²) in [5.41, 5.74) is 7.76. The molecule has 160 valence electrons. The van der Waals surface area contributed by atoms with Crippen LogP contribution in [0.2, 0.25) is 0 Å². The van der Waals surface area contributed by atoms with Crippen molar-refractivity contribution in [3.05, 3.63) is 102 Å². The fraction of sp³-hybridized carbons (Fsp3) is 0.333. The molecule has 3 aliphatic rings. The lowest BCUT2D eigenvalue weighted by molar-refractivity contribution is -0.117. The Morgan fingerprint density at radius 3 is 2.03 bits per heavy atom. The van der Waals surface area contributed by atoms with Crippen LogP contribution in [0, 0.1) is 0 Å². The Morgan fingerprint density at radius 1 is 0.839 bits per heavy atom. The van der Waals surface area contributed by atoms with E-state index in [-0.39, 0.29) is 12.1 Å². The van der Waals surface area contributed by atoms with Crippen LogP contribution in [0.3, 0.4) is 0 Å². The number of nitrogens with one attached hydrogen (secondary N) is 1. The van der Waals surface area contributed by atoms with Crippen molar-refractivity contribution in [2.24, 2.45) is 0 Å². The van der Waals surface area contributed by atoms with Gasteiger partial charge in [0.15, 0.2) is 0 Å². The first-order valence-electron chi connectivity index (χ1n) is 11.3. The number of benzene rings is 3. The van der Waals surface area contributed by atoms with Gasteiger partial charge in [-0.2, -0.15) is 0 Å². The van der Waals surface area contributed by atoms with E-state index >= 15 is 0 Å². The lowest BCUT2D eigenvalue weighted by Crippen LogP contribution is -2.68. The molecular formula is C27H31N3O. The van der Waals surface area contributed by atoms with E-state index < -0.39 is 0 Å². The van der Waals surface area contributed by atoms with Gasteiger partial charge >= 0.3 is 0 Å². The van der Waals surface area contributed by atoms with Crippen molar-refractivity contribution >= 4 is 0 Å². The van der Waals surface area contributed by atoms with E-state index in [9.17, 15) is 0 Å². The Bertz CT molecular complexity index is 931. The second kappa shape index (κ2) is 9.23. The molecule has 4 heteroatoms. The zero-order valence-corrected chi connectivity index (χ0v) is 18.2. The summed E-state index contributed by atoms with van der Waals surface area (Å²) in [6, 6.07) is 30.8. The van der Waals surface area contributed by atoms with Gasteiger partial charge in [-0.1, -0.05) is 78.9 Å². The van der Waals surface area contributed by atoms with E-state index in [2.05, 4.69) is 88.1 Å². The number of hydrogen-bond donors (Lipinski definition) is 1. The molecule has 2 bridgehead atoms. The number of para-hydroxylation sites is 1. The summed E-state index contributed by atoms with van der Waals surface area (Å²) in [6.45, 7) is 3.10. The van der Waals surface area contributed by atoms with E-state index in [0.29, 0.717) is 6.04 Å². The molecule has 3 aliphatic heterocycles. The first-order chi connectivity index (χ1) is 15.3. The Balaban J connectivity index is 1.49. The SMILES string of the molecule is COc1ccccc1CNN1C2CCN(CC2)[C@H]1C(c1ccccc1)c1ccccc1. The number of nitrogens with zero attached hydrogens (tertiary/aromatic N) is 2. The molecule has 3 heterocycles. The van der Waals surface area contributed by atoms with Crippen molar-refractivity contribution in [3.8, 4) is 5.75 Å². The van der Waals surface area contributed by atoms with Crippen molar-refractivity contribution in [1.82, 2.24) is 15.3 Å². The zero-order valence-electron chi connectivity index (χ0n) is 18.2. The Kier molecular flexibility index (Phi) is 6.03. The van der Waals surface area contributed by atoms with E-state index in [1.165, 1.54) is 42.6 Å². The van der Waals surface area contributed by atoms with Crippen LogP contribution in [0.15, 0.2) is 84.9 Å². The highest BCUT2D eigenvalue weighted by Crippen LogP contribution is 2.39. The third-order valence-electron chi connectivity index (χ3n) is 6.81. The fourth-order valence-electron chi connectivity index (χ4n) is 5.30. The van der Waals surface area contributed by atoms with Crippen molar-refractivity contribution in [2.45, 2.75) is 37.5 Å². The molecule has 0 spiro atoms. The second-order valence-corrected chi connectivity index (χ2v) is 8.53. The fourth-order valence-corrected chi connectivity index (χ4v) is 5.30. The number of fused-ring (bicyclic) bond motifs is 3. The van der Waals surface area contributed by atoms with Gasteiger partial charge in [0.05, 0.1) is 13.3 Å². The summed E-state index contributed by atoms with van der Waals surface area (Å²) in [6.07, 6.45) is 2.71. The molecule has 0 unspecified atom stereocenters. The molecule has 1 atom stereocenters. The summed E-state index contributed by atoms with van der Waals surface area (Å²) in [4.78, 5) is 2.67. The third-order valence-corrected chi connectivity index (χ3v) is 6.81. The number of piperidine rings is 1. The van der Waals surface area contributed by atoms with Gasteiger partial charge < -0.3 is 4.74 Å². The zero-order chi connectivity index (χ0) is 21.0.